The lowest BCUT2D eigenvalue weighted by atomic mass is 10.1. The topological polar surface area (TPSA) is 87.8 Å². The van der Waals surface area contributed by atoms with Crippen LogP contribution in [0, 0.1) is 5.82 Å². The zero-order valence-corrected chi connectivity index (χ0v) is 15.2. The van der Waals surface area contributed by atoms with E-state index in [1.54, 1.807) is 24.7 Å². The monoisotopic (exact) mass is 396 g/mol. The molecule has 1 aliphatic heterocycles. The number of imidazole rings is 1. The summed E-state index contributed by atoms with van der Waals surface area (Å²) in [5.74, 6) is 0.703. The average molecular weight is 397 g/mol. The van der Waals surface area contributed by atoms with Crippen LogP contribution in [-0.2, 0) is 0 Å². The third-order valence-electron chi connectivity index (χ3n) is 4.41. The van der Waals surface area contributed by atoms with E-state index in [0.717, 1.165) is 5.69 Å². The number of H-pyrrole nitrogens is 1. The number of hydrogen-bond acceptors (Lipinski definition) is 6. The van der Waals surface area contributed by atoms with Crippen molar-refractivity contribution in [3.05, 3.63) is 53.7 Å². The number of nitrogens with zero attached hydrogens (tertiary/aromatic N) is 3. The zero-order chi connectivity index (χ0) is 19.1. The first-order valence-electron chi connectivity index (χ1n) is 8.61. The van der Waals surface area contributed by atoms with Gasteiger partial charge in [-0.1, -0.05) is 11.6 Å². The highest BCUT2D eigenvalue weighted by Gasteiger charge is 2.21. The summed E-state index contributed by atoms with van der Waals surface area (Å²) in [6, 6.07) is 7.93. The van der Waals surface area contributed by atoms with E-state index in [2.05, 4.69) is 30.6 Å². The van der Waals surface area contributed by atoms with Crippen molar-refractivity contribution in [1.82, 2.24) is 19.9 Å². The Morgan fingerprint density at radius 3 is 3.00 bits per heavy atom. The molecule has 140 valence electrons. The lowest BCUT2D eigenvalue weighted by Crippen LogP contribution is -2.20. The number of aromatic amines is 1. The molecule has 0 atom stereocenters. The van der Waals surface area contributed by atoms with Crippen molar-refractivity contribution in [2.75, 3.05) is 23.8 Å². The second-order valence-electron chi connectivity index (χ2n) is 6.22. The van der Waals surface area contributed by atoms with Crippen LogP contribution in [0.4, 0.5) is 21.6 Å². The van der Waals surface area contributed by atoms with Gasteiger partial charge in [-0.3, -0.25) is 0 Å². The quantitative estimate of drug-likeness (QED) is 0.477. The van der Waals surface area contributed by atoms with Gasteiger partial charge in [-0.15, -0.1) is 0 Å². The number of aromatic nitrogens is 4. The number of benzene rings is 1. The first kappa shape index (κ1) is 16.8. The summed E-state index contributed by atoms with van der Waals surface area (Å²) in [6.45, 7) is 1.11. The van der Waals surface area contributed by atoms with E-state index in [0.29, 0.717) is 57.9 Å². The maximum Gasteiger partial charge on any atom is 0.185 e. The molecule has 9 heteroatoms. The number of fused-ring (bicyclic) bond motifs is 2. The van der Waals surface area contributed by atoms with Crippen molar-refractivity contribution in [2.24, 2.45) is 0 Å². The van der Waals surface area contributed by atoms with Crippen molar-refractivity contribution in [2.45, 2.75) is 0 Å². The fourth-order valence-electron chi connectivity index (χ4n) is 3.14. The standard InChI is InChI=1S/C19H14ClFN6O/c20-10-1-2-12(21)11(7-10)14-8-15(17-19(27-14)23-5-6-28-17)26-13-3-4-22-18-16(13)24-9-25-18/h1-4,7-9H,5-6H2,(H3,22,23,24,25,26,27). The van der Waals surface area contributed by atoms with E-state index in [1.807, 2.05) is 6.07 Å². The van der Waals surface area contributed by atoms with Gasteiger partial charge in [-0.2, -0.15) is 0 Å². The lowest BCUT2D eigenvalue weighted by Gasteiger charge is -2.23. The Bertz CT molecular complexity index is 1190. The van der Waals surface area contributed by atoms with Gasteiger partial charge in [0.1, 0.15) is 17.9 Å². The summed E-state index contributed by atoms with van der Waals surface area (Å²) in [7, 11) is 0. The molecule has 4 aromatic rings. The van der Waals surface area contributed by atoms with Crippen molar-refractivity contribution in [1.29, 1.82) is 0 Å². The van der Waals surface area contributed by atoms with Gasteiger partial charge in [0.15, 0.2) is 17.2 Å². The van der Waals surface area contributed by atoms with Crippen molar-refractivity contribution >= 4 is 40.0 Å². The first-order chi connectivity index (χ1) is 13.7. The molecule has 4 heterocycles. The van der Waals surface area contributed by atoms with Crippen molar-refractivity contribution in [3.63, 3.8) is 0 Å². The molecular weight excluding hydrogens is 383 g/mol. The molecule has 5 rings (SSSR count). The number of pyridine rings is 2. The largest absolute Gasteiger partial charge is 0.486 e. The highest BCUT2D eigenvalue weighted by Crippen LogP contribution is 2.40. The molecular formula is C19H14ClFN6O. The second-order valence-corrected chi connectivity index (χ2v) is 6.65. The van der Waals surface area contributed by atoms with Crippen LogP contribution in [-0.4, -0.2) is 33.1 Å². The Labute approximate surface area is 164 Å². The third kappa shape index (κ3) is 2.87. The van der Waals surface area contributed by atoms with Gasteiger partial charge in [-0.05, 0) is 30.3 Å². The normalized spacial score (nSPS) is 12.9. The molecule has 3 aromatic heterocycles. The summed E-state index contributed by atoms with van der Waals surface area (Å²) < 4.78 is 20.2. The van der Waals surface area contributed by atoms with Crippen LogP contribution in [0.1, 0.15) is 0 Å². The number of anilines is 3. The maximum absolute atomic E-state index is 14.4. The fourth-order valence-corrected chi connectivity index (χ4v) is 3.31. The molecule has 1 aliphatic rings. The van der Waals surface area contributed by atoms with Crippen LogP contribution in [0.3, 0.4) is 0 Å². The van der Waals surface area contributed by atoms with Gasteiger partial charge < -0.3 is 20.4 Å². The molecule has 3 N–H and O–H groups in total. The number of hydrogen-bond donors (Lipinski definition) is 3. The molecule has 28 heavy (non-hydrogen) atoms. The maximum atomic E-state index is 14.4. The Morgan fingerprint density at radius 2 is 2.07 bits per heavy atom. The highest BCUT2D eigenvalue weighted by atomic mass is 35.5. The van der Waals surface area contributed by atoms with Gasteiger partial charge in [-0.25, -0.2) is 19.3 Å². The molecule has 0 spiro atoms. The second kappa shape index (κ2) is 6.65. The zero-order valence-electron chi connectivity index (χ0n) is 14.5. The number of nitrogens with one attached hydrogen (secondary N) is 3. The smallest absolute Gasteiger partial charge is 0.185 e. The Kier molecular flexibility index (Phi) is 3.98. The summed E-state index contributed by atoms with van der Waals surface area (Å²) in [5, 5.41) is 6.95. The minimum Gasteiger partial charge on any atom is -0.486 e. The lowest BCUT2D eigenvalue weighted by molar-refractivity contribution is 0.323. The number of rotatable bonds is 3. The van der Waals surface area contributed by atoms with Crippen LogP contribution in [0.2, 0.25) is 5.02 Å². The summed E-state index contributed by atoms with van der Waals surface area (Å²) in [5.41, 5.74) is 3.48. The minimum atomic E-state index is -0.405. The SMILES string of the molecule is Fc1ccc(Cl)cc1-c1cc(Nc2ccnc3[nH]cnc23)c2c(n1)NCCO2. The minimum absolute atomic E-state index is 0.311. The van der Waals surface area contributed by atoms with Gasteiger partial charge in [0.25, 0.3) is 0 Å². The Balaban J connectivity index is 1.66. The fraction of sp³-hybridized carbons (Fsp3) is 0.105. The molecule has 0 amide bonds. The molecule has 0 saturated carbocycles. The molecule has 0 unspecified atom stereocenters. The van der Waals surface area contributed by atoms with Gasteiger partial charge in [0, 0.05) is 16.8 Å². The molecule has 7 nitrogen and oxygen atoms in total. The summed E-state index contributed by atoms with van der Waals surface area (Å²) in [6.07, 6.45) is 3.25. The van der Waals surface area contributed by atoms with Gasteiger partial charge in [0.2, 0.25) is 0 Å². The number of halogens is 2. The van der Waals surface area contributed by atoms with Crippen LogP contribution in [0.5, 0.6) is 5.75 Å². The number of ether oxygens (including phenoxy) is 1. The molecule has 1 aromatic carbocycles. The van der Waals surface area contributed by atoms with Crippen LogP contribution < -0.4 is 15.4 Å². The molecule has 0 fully saturated rings. The predicted octanol–water partition coefficient (Wildman–Crippen LogP) is 4.36. The predicted molar refractivity (Wildman–Crippen MR) is 106 cm³/mol. The van der Waals surface area contributed by atoms with Crippen molar-refractivity contribution in [3.8, 4) is 17.0 Å². The summed E-state index contributed by atoms with van der Waals surface area (Å²) >= 11 is 6.06. The Hall–Kier alpha value is -3.39. The van der Waals surface area contributed by atoms with E-state index < -0.39 is 5.82 Å². The average Bonchev–Trinajstić information content (AvgIpc) is 3.19. The first-order valence-corrected chi connectivity index (χ1v) is 8.99. The van der Waals surface area contributed by atoms with Crippen molar-refractivity contribution < 1.29 is 9.13 Å². The van der Waals surface area contributed by atoms with E-state index in [1.165, 1.54) is 12.1 Å². The molecule has 0 radical (unpaired) electrons. The van der Waals surface area contributed by atoms with Crippen LogP contribution >= 0.6 is 11.6 Å². The van der Waals surface area contributed by atoms with E-state index >= 15 is 0 Å². The van der Waals surface area contributed by atoms with E-state index in [-0.39, 0.29) is 0 Å². The van der Waals surface area contributed by atoms with Gasteiger partial charge in [0.05, 0.1) is 29.9 Å². The van der Waals surface area contributed by atoms with Crippen LogP contribution in [0.25, 0.3) is 22.4 Å². The van der Waals surface area contributed by atoms with E-state index in [4.69, 9.17) is 16.3 Å². The Morgan fingerprint density at radius 1 is 1.14 bits per heavy atom. The highest BCUT2D eigenvalue weighted by molar-refractivity contribution is 6.30. The third-order valence-corrected chi connectivity index (χ3v) is 4.64. The van der Waals surface area contributed by atoms with Gasteiger partial charge >= 0.3 is 0 Å². The summed E-state index contributed by atoms with van der Waals surface area (Å²) in [4.78, 5) is 16.1. The molecule has 0 saturated heterocycles. The van der Waals surface area contributed by atoms with Crippen LogP contribution in [0.15, 0.2) is 42.9 Å². The molecule has 0 bridgehead atoms. The van der Waals surface area contributed by atoms with E-state index in [9.17, 15) is 4.39 Å². The molecule has 0 aliphatic carbocycles.